The Labute approximate surface area is 240 Å². The first-order valence-corrected chi connectivity index (χ1v) is 13.6. The number of nitrogens with two attached hydrogens (primary N) is 1. The van der Waals surface area contributed by atoms with E-state index in [2.05, 4.69) is 24.8 Å². The lowest BCUT2D eigenvalue weighted by Gasteiger charge is -2.35. The molecule has 1 aliphatic heterocycles. The quantitative estimate of drug-likeness (QED) is 0.185. The van der Waals surface area contributed by atoms with Crippen LogP contribution in [0.5, 0.6) is 11.5 Å². The molecule has 0 bridgehead atoms. The van der Waals surface area contributed by atoms with E-state index >= 15 is 0 Å². The molecular weight excluding hydrogens is 538 g/mol. The molecule has 3 N–H and O–H groups in total. The fourth-order valence-electron chi connectivity index (χ4n) is 4.51. The molecule has 0 spiro atoms. The molecule has 0 saturated carbocycles. The normalized spacial score (nSPS) is 15.9. The first kappa shape index (κ1) is 30.5. The van der Waals surface area contributed by atoms with Gasteiger partial charge in [-0.3, -0.25) is 5.41 Å². The molecule has 1 heterocycles. The lowest BCUT2D eigenvalue weighted by atomic mass is 9.96. The number of nitrogens with zero attached hydrogens (tertiary/aromatic N) is 2. The number of piperidine rings is 1. The molecule has 0 aliphatic carbocycles. The lowest BCUT2D eigenvalue weighted by Crippen LogP contribution is -2.41. The number of hydrogen-bond donors (Lipinski definition) is 2. The molecule has 39 heavy (non-hydrogen) atoms. The number of halogens is 3. The molecule has 0 radical (unpaired) electrons. The van der Waals surface area contributed by atoms with Gasteiger partial charge in [-0.15, -0.1) is 0 Å². The second-order valence-corrected chi connectivity index (χ2v) is 10.9. The molecule has 9 heteroatoms. The SMILES string of the molecule is C/C(F)=C(Cl)\C(COc1ccc(N)c(C(=N)c2cc(C)c(OC3CCN(C(C)C)CC3)c(C#N)c2)c1)=C(/C)Cl. The summed E-state index contributed by atoms with van der Waals surface area (Å²) >= 11 is 12.1. The number of rotatable bonds is 9. The van der Waals surface area contributed by atoms with E-state index in [1.807, 2.05) is 13.0 Å². The van der Waals surface area contributed by atoms with Gasteiger partial charge in [0, 0.05) is 46.6 Å². The van der Waals surface area contributed by atoms with Crippen LogP contribution in [0.2, 0.25) is 0 Å². The summed E-state index contributed by atoms with van der Waals surface area (Å²) in [7, 11) is 0. The highest BCUT2D eigenvalue weighted by atomic mass is 35.5. The van der Waals surface area contributed by atoms with Crippen LogP contribution in [-0.4, -0.2) is 42.5 Å². The van der Waals surface area contributed by atoms with Gasteiger partial charge < -0.3 is 20.1 Å². The van der Waals surface area contributed by atoms with E-state index in [-0.39, 0.29) is 23.5 Å². The summed E-state index contributed by atoms with van der Waals surface area (Å²) in [6, 6.07) is 11.1. The van der Waals surface area contributed by atoms with Gasteiger partial charge in [0.1, 0.15) is 36.1 Å². The minimum Gasteiger partial charge on any atom is -0.489 e. The zero-order chi connectivity index (χ0) is 28.9. The third-order valence-electron chi connectivity index (χ3n) is 6.84. The van der Waals surface area contributed by atoms with Crippen molar-refractivity contribution in [1.82, 2.24) is 4.90 Å². The van der Waals surface area contributed by atoms with Crippen molar-refractivity contribution in [3.63, 3.8) is 0 Å². The lowest BCUT2D eigenvalue weighted by molar-refractivity contribution is 0.0836. The number of likely N-dealkylation sites (tertiary alicyclic amines) is 1. The van der Waals surface area contributed by atoms with Crippen molar-refractivity contribution < 1.29 is 13.9 Å². The van der Waals surface area contributed by atoms with Crippen LogP contribution in [0.4, 0.5) is 10.1 Å². The standard InChI is InChI=1S/C30H35Cl2FN4O2/c1-17(2)37-10-8-23(9-11-37)39-30-18(3)12-21(13-22(30)15-34)29(36)25-14-24(6-7-27(25)35)38-16-26(19(4)31)28(32)20(5)33/h6-7,12-14,17,23,36H,8-11,16,35H2,1-5H3/b26-19+,28-20-,36-29?. The van der Waals surface area contributed by atoms with Gasteiger partial charge >= 0.3 is 0 Å². The molecule has 1 fully saturated rings. The van der Waals surface area contributed by atoms with Crippen LogP contribution in [0.15, 0.2) is 51.8 Å². The van der Waals surface area contributed by atoms with Crippen molar-refractivity contribution in [3.8, 4) is 17.6 Å². The van der Waals surface area contributed by atoms with Crippen LogP contribution in [0, 0.1) is 23.7 Å². The molecule has 0 aromatic heterocycles. The predicted octanol–water partition coefficient (Wildman–Crippen LogP) is 7.45. The summed E-state index contributed by atoms with van der Waals surface area (Å²) in [5.41, 5.74) is 9.18. The van der Waals surface area contributed by atoms with Gasteiger partial charge in [0.25, 0.3) is 0 Å². The first-order valence-electron chi connectivity index (χ1n) is 12.9. The Morgan fingerprint density at radius 1 is 1.21 bits per heavy atom. The number of aryl methyl sites for hydroxylation is 1. The average molecular weight is 574 g/mol. The van der Waals surface area contributed by atoms with Gasteiger partial charge in [0.2, 0.25) is 0 Å². The molecular formula is C30H35Cl2FN4O2. The largest absolute Gasteiger partial charge is 0.489 e. The van der Waals surface area contributed by atoms with E-state index in [1.54, 1.807) is 31.2 Å². The average Bonchev–Trinajstić information content (AvgIpc) is 2.90. The predicted molar refractivity (Wildman–Crippen MR) is 157 cm³/mol. The van der Waals surface area contributed by atoms with Crippen molar-refractivity contribution in [2.45, 2.75) is 59.6 Å². The molecule has 0 unspecified atom stereocenters. The van der Waals surface area contributed by atoms with Gasteiger partial charge in [-0.2, -0.15) is 5.26 Å². The summed E-state index contributed by atoms with van der Waals surface area (Å²) < 4.78 is 25.8. The van der Waals surface area contributed by atoms with Crippen molar-refractivity contribution in [3.05, 3.63) is 74.1 Å². The Balaban J connectivity index is 1.82. The van der Waals surface area contributed by atoms with Crippen molar-refractivity contribution in [1.29, 1.82) is 10.7 Å². The van der Waals surface area contributed by atoms with Crippen molar-refractivity contribution in [2.24, 2.45) is 0 Å². The number of allylic oxidation sites excluding steroid dienone is 2. The highest BCUT2D eigenvalue weighted by Gasteiger charge is 2.24. The topological polar surface area (TPSA) is 95.4 Å². The Bertz CT molecular complexity index is 1330. The molecule has 0 atom stereocenters. The highest BCUT2D eigenvalue weighted by molar-refractivity contribution is 6.35. The van der Waals surface area contributed by atoms with Gasteiger partial charge in [0.15, 0.2) is 0 Å². The van der Waals surface area contributed by atoms with Crippen LogP contribution in [-0.2, 0) is 0 Å². The Hall–Kier alpha value is -3.05. The van der Waals surface area contributed by atoms with Gasteiger partial charge in [-0.1, -0.05) is 23.2 Å². The number of anilines is 1. The van der Waals surface area contributed by atoms with Crippen LogP contribution >= 0.6 is 23.2 Å². The minimum absolute atomic E-state index is 0.0423. The number of benzene rings is 2. The highest BCUT2D eigenvalue weighted by Crippen LogP contribution is 2.32. The molecule has 1 aliphatic rings. The fraction of sp³-hybridized carbons (Fsp3) is 0.400. The third-order valence-corrected chi connectivity index (χ3v) is 7.55. The number of nitrogens with one attached hydrogen (secondary N) is 1. The summed E-state index contributed by atoms with van der Waals surface area (Å²) in [6.45, 7) is 11.0. The molecule has 3 rings (SSSR count). The Kier molecular flexibility index (Phi) is 10.4. The maximum Gasteiger partial charge on any atom is 0.140 e. The summed E-state index contributed by atoms with van der Waals surface area (Å²) in [5.74, 6) is 0.406. The van der Waals surface area contributed by atoms with Crippen molar-refractivity contribution in [2.75, 3.05) is 25.4 Å². The van der Waals surface area contributed by atoms with Crippen molar-refractivity contribution >= 4 is 34.6 Å². The van der Waals surface area contributed by atoms with Gasteiger partial charge in [-0.25, -0.2) is 4.39 Å². The van der Waals surface area contributed by atoms with E-state index in [4.69, 9.17) is 43.8 Å². The van der Waals surface area contributed by atoms with Crippen LogP contribution < -0.4 is 15.2 Å². The van der Waals surface area contributed by atoms with Crippen LogP contribution in [0.1, 0.15) is 62.8 Å². The molecule has 0 amide bonds. The third kappa shape index (κ3) is 7.54. The van der Waals surface area contributed by atoms with E-state index in [9.17, 15) is 9.65 Å². The molecule has 1 saturated heterocycles. The monoisotopic (exact) mass is 572 g/mol. The Morgan fingerprint density at radius 2 is 1.87 bits per heavy atom. The Morgan fingerprint density at radius 3 is 2.44 bits per heavy atom. The first-order chi connectivity index (χ1) is 18.4. The number of ether oxygens (including phenoxy) is 2. The van der Waals surface area contributed by atoms with E-state index < -0.39 is 5.83 Å². The molecule has 2 aromatic carbocycles. The number of nitriles is 1. The summed E-state index contributed by atoms with van der Waals surface area (Å²) in [4.78, 5) is 2.42. The molecule has 6 nitrogen and oxygen atoms in total. The van der Waals surface area contributed by atoms with E-state index in [0.29, 0.717) is 50.5 Å². The number of hydrogen-bond acceptors (Lipinski definition) is 6. The maximum absolute atomic E-state index is 13.7. The summed E-state index contributed by atoms with van der Waals surface area (Å²) in [5, 5.41) is 19.0. The zero-order valence-corrected chi connectivity index (χ0v) is 24.5. The molecule has 208 valence electrons. The molecule has 2 aromatic rings. The zero-order valence-electron chi connectivity index (χ0n) is 23.0. The smallest absolute Gasteiger partial charge is 0.140 e. The fourth-order valence-corrected chi connectivity index (χ4v) is 4.90. The van der Waals surface area contributed by atoms with E-state index in [0.717, 1.165) is 31.5 Å². The minimum atomic E-state index is -0.563. The maximum atomic E-state index is 13.7. The van der Waals surface area contributed by atoms with E-state index in [1.165, 1.54) is 6.92 Å². The van der Waals surface area contributed by atoms with Crippen LogP contribution in [0.3, 0.4) is 0 Å². The van der Waals surface area contributed by atoms with Gasteiger partial charge in [0.05, 0.1) is 16.3 Å². The number of nitrogen functional groups attached to an aromatic ring is 1. The second-order valence-electron chi connectivity index (χ2n) is 10.0. The van der Waals surface area contributed by atoms with Crippen LogP contribution in [0.25, 0.3) is 0 Å². The second kappa shape index (κ2) is 13.3. The van der Waals surface area contributed by atoms with Gasteiger partial charge in [-0.05, 0) is 83.4 Å². The summed E-state index contributed by atoms with van der Waals surface area (Å²) in [6.07, 6.45) is 1.84.